The van der Waals surface area contributed by atoms with Gasteiger partial charge in [0.2, 0.25) is 0 Å². The molecule has 0 saturated heterocycles. The number of hydrogen-bond donors (Lipinski definition) is 0. The third kappa shape index (κ3) is 3.81. The molecular weight excluding hydrogens is 180 g/mol. The van der Waals surface area contributed by atoms with E-state index in [9.17, 15) is 0 Å². The molecule has 0 bridgehead atoms. The highest BCUT2D eigenvalue weighted by Crippen LogP contribution is 2.48. The van der Waals surface area contributed by atoms with Gasteiger partial charge < -0.3 is 0 Å². The Morgan fingerprint density at radius 1 is 0.667 bits per heavy atom. The van der Waals surface area contributed by atoms with Crippen LogP contribution in [0.5, 0.6) is 0 Å². The summed E-state index contributed by atoms with van der Waals surface area (Å²) >= 11 is 0. The Hall–Kier alpha value is 0. The normalized spacial score (nSPS) is 39.4. The fourth-order valence-electron chi connectivity index (χ4n) is 3.45. The van der Waals surface area contributed by atoms with Crippen LogP contribution < -0.4 is 0 Å². The lowest BCUT2D eigenvalue weighted by Crippen LogP contribution is -1.99. The lowest BCUT2D eigenvalue weighted by molar-refractivity contribution is 0.412. The zero-order valence-corrected chi connectivity index (χ0v) is 10.5. The summed E-state index contributed by atoms with van der Waals surface area (Å²) in [5, 5.41) is 0. The maximum Gasteiger partial charge on any atom is -0.0357 e. The zero-order chi connectivity index (χ0) is 10.5. The van der Waals surface area contributed by atoms with Crippen molar-refractivity contribution in [2.24, 2.45) is 17.8 Å². The summed E-state index contributed by atoms with van der Waals surface area (Å²) < 4.78 is 0. The Morgan fingerprint density at radius 3 is 1.87 bits per heavy atom. The summed E-state index contributed by atoms with van der Waals surface area (Å²) in [6.45, 7) is 2.50. The van der Waals surface area contributed by atoms with E-state index in [0.29, 0.717) is 0 Å². The molecule has 3 unspecified atom stereocenters. The number of fused-ring (bicyclic) bond motifs is 1. The van der Waals surface area contributed by atoms with Crippen molar-refractivity contribution in [1.82, 2.24) is 0 Å². The fraction of sp³-hybridized carbons (Fsp3) is 1.00. The predicted molar refractivity (Wildman–Crippen MR) is 66.9 cm³/mol. The molecule has 0 aromatic heterocycles. The van der Waals surface area contributed by atoms with Crippen LogP contribution >= 0.6 is 0 Å². The molecule has 2 aliphatic rings. The third-order valence-electron chi connectivity index (χ3n) is 4.69. The minimum absolute atomic E-state index is 1.04. The van der Waals surface area contributed by atoms with Crippen molar-refractivity contribution in [3.63, 3.8) is 0 Å². The second kappa shape index (κ2) is 5.92. The molecule has 3 atom stereocenters. The molecular formula is C15H28. The van der Waals surface area contributed by atoms with Gasteiger partial charge in [-0.2, -0.15) is 0 Å². The second-order valence-corrected chi connectivity index (χ2v) is 6.04. The van der Waals surface area contributed by atoms with Crippen molar-refractivity contribution >= 4 is 0 Å². The van der Waals surface area contributed by atoms with Crippen LogP contribution in [0.3, 0.4) is 0 Å². The maximum atomic E-state index is 2.50. The first-order valence-electron chi connectivity index (χ1n) is 7.38. The molecule has 0 aromatic carbocycles. The Bertz CT molecular complexity index is 173. The Labute approximate surface area is 95.8 Å². The average molecular weight is 208 g/mol. The highest BCUT2D eigenvalue weighted by molar-refractivity contribution is 4.89. The molecule has 0 amide bonds. The van der Waals surface area contributed by atoms with Crippen molar-refractivity contribution in [2.75, 3.05) is 0 Å². The van der Waals surface area contributed by atoms with Gasteiger partial charge in [0.1, 0.15) is 0 Å². The minimum Gasteiger partial charge on any atom is -0.0622 e. The van der Waals surface area contributed by atoms with E-state index in [1.165, 1.54) is 57.8 Å². The summed E-state index contributed by atoms with van der Waals surface area (Å²) in [5.41, 5.74) is 0. The van der Waals surface area contributed by atoms with Crippen LogP contribution in [0.25, 0.3) is 0 Å². The van der Waals surface area contributed by atoms with Gasteiger partial charge in [0.05, 0.1) is 0 Å². The quantitative estimate of drug-likeness (QED) is 0.515. The van der Waals surface area contributed by atoms with Gasteiger partial charge in [0.25, 0.3) is 0 Å². The molecule has 2 aliphatic carbocycles. The molecule has 0 heteroatoms. The molecule has 2 saturated carbocycles. The Balaban J connectivity index is 1.72. The summed E-state index contributed by atoms with van der Waals surface area (Å²) in [4.78, 5) is 0. The van der Waals surface area contributed by atoms with Gasteiger partial charge in [-0.15, -0.1) is 0 Å². The van der Waals surface area contributed by atoms with E-state index in [-0.39, 0.29) is 0 Å². The third-order valence-corrected chi connectivity index (χ3v) is 4.69. The maximum absolute atomic E-state index is 2.50. The second-order valence-electron chi connectivity index (χ2n) is 6.04. The van der Waals surface area contributed by atoms with Gasteiger partial charge in [0, 0.05) is 0 Å². The molecule has 88 valence electrons. The molecule has 2 fully saturated rings. The first-order valence-corrected chi connectivity index (χ1v) is 7.38. The molecule has 0 aromatic rings. The topological polar surface area (TPSA) is 0 Å². The van der Waals surface area contributed by atoms with Crippen molar-refractivity contribution in [3.05, 3.63) is 0 Å². The van der Waals surface area contributed by atoms with E-state index < -0.39 is 0 Å². The molecule has 0 aliphatic heterocycles. The molecule has 15 heavy (non-hydrogen) atoms. The van der Waals surface area contributed by atoms with E-state index >= 15 is 0 Å². The zero-order valence-electron chi connectivity index (χ0n) is 10.5. The van der Waals surface area contributed by atoms with Gasteiger partial charge in [-0.1, -0.05) is 71.1 Å². The van der Waals surface area contributed by atoms with Crippen LogP contribution in [-0.4, -0.2) is 0 Å². The largest absolute Gasteiger partial charge is 0.0622 e. The van der Waals surface area contributed by atoms with Gasteiger partial charge in [-0.05, 0) is 24.2 Å². The average Bonchev–Trinajstić information content (AvgIpc) is 2.99. The van der Waals surface area contributed by atoms with Crippen molar-refractivity contribution < 1.29 is 0 Å². The van der Waals surface area contributed by atoms with Crippen molar-refractivity contribution in [3.8, 4) is 0 Å². The molecule has 0 N–H and O–H groups in total. The fourth-order valence-corrected chi connectivity index (χ4v) is 3.45. The van der Waals surface area contributed by atoms with Crippen LogP contribution in [0, 0.1) is 17.8 Å². The molecule has 2 rings (SSSR count). The van der Waals surface area contributed by atoms with Crippen molar-refractivity contribution in [2.45, 2.75) is 77.6 Å². The summed E-state index contributed by atoms with van der Waals surface area (Å²) in [6, 6.07) is 0. The molecule has 0 heterocycles. The summed E-state index contributed by atoms with van der Waals surface area (Å²) in [6.07, 6.45) is 16.7. The SMILES string of the molecule is CC1CCCCCCCCCCC2CC12. The lowest BCUT2D eigenvalue weighted by Gasteiger charge is -2.10. The van der Waals surface area contributed by atoms with Crippen LogP contribution in [0.2, 0.25) is 0 Å². The van der Waals surface area contributed by atoms with E-state index in [1.807, 2.05) is 0 Å². The standard InChI is InChI=1S/C15H28/c1-13-10-8-6-4-2-3-5-7-9-11-14-12-15(13)14/h13-15H,2-12H2,1H3. The number of hydrogen-bond acceptors (Lipinski definition) is 0. The summed E-state index contributed by atoms with van der Waals surface area (Å²) in [5.74, 6) is 3.31. The predicted octanol–water partition coefficient (Wildman–Crippen LogP) is 5.17. The Kier molecular flexibility index (Phi) is 4.53. The number of rotatable bonds is 0. The monoisotopic (exact) mass is 208 g/mol. The minimum atomic E-state index is 1.04. The molecule has 0 spiro atoms. The lowest BCUT2D eigenvalue weighted by atomic mass is 9.96. The highest BCUT2D eigenvalue weighted by Gasteiger charge is 2.39. The van der Waals surface area contributed by atoms with Crippen LogP contribution in [0.4, 0.5) is 0 Å². The highest BCUT2D eigenvalue weighted by atomic mass is 14.4. The van der Waals surface area contributed by atoms with Crippen LogP contribution in [-0.2, 0) is 0 Å². The van der Waals surface area contributed by atoms with Gasteiger partial charge in [-0.25, -0.2) is 0 Å². The summed E-state index contributed by atoms with van der Waals surface area (Å²) in [7, 11) is 0. The van der Waals surface area contributed by atoms with E-state index in [0.717, 1.165) is 17.8 Å². The molecule has 0 nitrogen and oxygen atoms in total. The van der Waals surface area contributed by atoms with E-state index in [1.54, 1.807) is 12.8 Å². The van der Waals surface area contributed by atoms with Crippen LogP contribution in [0.1, 0.15) is 77.6 Å². The van der Waals surface area contributed by atoms with Crippen LogP contribution in [0.15, 0.2) is 0 Å². The van der Waals surface area contributed by atoms with E-state index in [2.05, 4.69) is 6.92 Å². The Morgan fingerprint density at radius 2 is 1.20 bits per heavy atom. The van der Waals surface area contributed by atoms with Gasteiger partial charge in [0.15, 0.2) is 0 Å². The van der Waals surface area contributed by atoms with Gasteiger partial charge in [-0.3, -0.25) is 0 Å². The smallest absolute Gasteiger partial charge is 0.0357 e. The first-order chi connectivity index (χ1) is 7.38. The molecule has 0 radical (unpaired) electrons. The van der Waals surface area contributed by atoms with Crippen molar-refractivity contribution in [1.29, 1.82) is 0 Å². The first kappa shape index (κ1) is 11.5. The van der Waals surface area contributed by atoms with Gasteiger partial charge >= 0.3 is 0 Å². The van der Waals surface area contributed by atoms with E-state index in [4.69, 9.17) is 0 Å².